The first-order valence-electron chi connectivity index (χ1n) is 6.90. The number of benzene rings is 1. The Balaban J connectivity index is 2.05. The van der Waals surface area contributed by atoms with E-state index >= 15 is 0 Å². The van der Waals surface area contributed by atoms with Gasteiger partial charge in [0, 0.05) is 6.54 Å². The first kappa shape index (κ1) is 13.3. The molecule has 0 amide bonds. The van der Waals surface area contributed by atoms with Crippen molar-refractivity contribution >= 4 is 34.2 Å². The van der Waals surface area contributed by atoms with Crippen molar-refractivity contribution in [3.05, 3.63) is 29.0 Å². The van der Waals surface area contributed by atoms with Crippen LogP contribution in [0.2, 0.25) is 5.02 Å². The molecule has 0 radical (unpaired) electrons. The summed E-state index contributed by atoms with van der Waals surface area (Å²) in [6.07, 6.45) is 3.97. The van der Waals surface area contributed by atoms with Crippen molar-refractivity contribution in [3.8, 4) is 0 Å². The lowest BCUT2D eigenvalue weighted by Gasteiger charge is -2.18. The van der Waals surface area contributed by atoms with Crippen LogP contribution in [0.4, 0.5) is 0 Å². The molecule has 1 heterocycles. The molecule has 2 aromatic rings. The number of halogens is 2. The van der Waals surface area contributed by atoms with Gasteiger partial charge in [0.25, 0.3) is 0 Å². The zero-order chi connectivity index (χ0) is 13.4. The molecular formula is C15H18Cl2N2. The lowest BCUT2D eigenvalue weighted by molar-refractivity contribution is 0.364. The molecule has 102 valence electrons. The van der Waals surface area contributed by atoms with Crippen molar-refractivity contribution in [1.29, 1.82) is 0 Å². The zero-order valence-electron chi connectivity index (χ0n) is 11.1. The van der Waals surface area contributed by atoms with Crippen LogP contribution in [0.1, 0.15) is 32.0 Å². The molecule has 2 atom stereocenters. The second kappa shape index (κ2) is 5.34. The van der Waals surface area contributed by atoms with E-state index in [0.29, 0.717) is 5.88 Å². The third-order valence-electron chi connectivity index (χ3n) is 4.37. The Morgan fingerprint density at radius 2 is 2.21 bits per heavy atom. The second-order valence-electron chi connectivity index (χ2n) is 5.55. The maximum Gasteiger partial charge on any atom is 0.124 e. The lowest BCUT2D eigenvalue weighted by Crippen LogP contribution is -2.15. The van der Waals surface area contributed by atoms with Crippen LogP contribution in [0.15, 0.2) is 18.2 Å². The third kappa shape index (κ3) is 2.36. The van der Waals surface area contributed by atoms with E-state index in [1.807, 2.05) is 18.2 Å². The maximum atomic E-state index is 6.35. The van der Waals surface area contributed by atoms with Gasteiger partial charge >= 0.3 is 0 Å². The maximum absolute atomic E-state index is 6.35. The van der Waals surface area contributed by atoms with E-state index in [9.17, 15) is 0 Å². The monoisotopic (exact) mass is 296 g/mol. The molecule has 0 aliphatic heterocycles. The Hall–Kier alpha value is -0.730. The molecule has 3 rings (SSSR count). The van der Waals surface area contributed by atoms with Crippen molar-refractivity contribution in [2.24, 2.45) is 11.8 Å². The van der Waals surface area contributed by atoms with Crippen LogP contribution in [-0.4, -0.2) is 9.55 Å². The van der Waals surface area contributed by atoms with Gasteiger partial charge < -0.3 is 4.57 Å². The summed E-state index contributed by atoms with van der Waals surface area (Å²) in [5.41, 5.74) is 1.99. The molecule has 2 unspecified atom stereocenters. The Bertz CT molecular complexity index is 591. The van der Waals surface area contributed by atoms with Crippen LogP contribution in [0.3, 0.4) is 0 Å². The largest absolute Gasteiger partial charge is 0.325 e. The van der Waals surface area contributed by atoms with E-state index in [1.54, 1.807) is 0 Å². The van der Waals surface area contributed by atoms with E-state index in [4.69, 9.17) is 23.2 Å². The minimum Gasteiger partial charge on any atom is -0.325 e. The van der Waals surface area contributed by atoms with Crippen molar-refractivity contribution in [1.82, 2.24) is 9.55 Å². The van der Waals surface area contributed by atoms with Gasteiger partial charge in [-0.1, -0.05) is 37.4 Å². The third-order valence-corrected chi connectivity index (χ3v) is 4.92. The molecule has 19 heavy (non-hydrogen) atoms. The van der Waals surface area contributed by atoms with E-state index in [1.165, 1.54) is 19.3 Å². The molecule has 2 nitrogen and oxygen atoms in total. The molecule has 0 N–H and O–H groups in total. The number of hydrogen-bond donors (Lipinski definition) is 0. The summed E-state index contributed by atoms with van der Waals surface area (Å²) in [4.78, 5) is 4.61. The van der Waals surface area contributed by atoms with Crippen LogP contribution in [0, 0.1) is 11.8 Å². The lowest BCUT2D eigenvalue weighted by atomic mass is 9.98. The predicted octanol–water partition coefficient (Wildman–Crippen LogP) is 4.86. The number of aromatic nitrogens is 2. The summed E-state index contributed by atoms with van der Waals surface area (Å²) < 4.78 is 2.23. The van der Waals surface area contributed by atoms with Gasteiger partial charge in [0.1, 0.15) is 5.82 Å². The van der Waals surface area contributed by atoms with E-state index in [2.05, 4.69) is 16.5 Å². The topological polar surface area (TPSA) is 17.8 Å². The van der Waals surface area contributed by atoms with Gasteiger partial charge in [-0.2, -0.15) is 0 Å². The van der Waals surface area contributed by atoms with Gasteiger partial charge in [0.05, 0.1) is 21.9 Å². The average Bonchev–Trinajstić information content (AvgIpc) is 2.96. The summed E-state index contributed by atoms with van der Waals surface area (Å²) in [5.74, 6) is 2.87. The van der Waals surface area contributed by atoms with Gasteiger partial charge in [0.2, 0.25) is 0 Å². The number of rotatable bonds is 3. The first-order chi connectivity index (χ1) is 9.20. The van der Waals surface area contributed by atoms with Gasteiger partial charge in [-0.25, -0.2) is 4.98 Å². The van der Waals surface area contributed by atoms with E-state index < -0.39 is 0 Å². The van der Waals surface area contributed by atoms with Crippen molar-refractivity contribution in [3.63, 3.8) is 0 Å². The Morgan fingerprint density at radius 1 is 1.37 bits per heavy atom. The van der Waals surface area contributed by atoms with Gasteiger partial charge in [-0.3, -0.25) is 0 Å². The molecule has 4 heteroatoms. The fourth-order valence-electron chi connectivity index (χ4n) is 3.22. The number of para-hydroxylation sites is 1. The fraction of sp³-hybridized carbons (Fsp3) is 0.533. The molecule has 0 saturated heterocycles. The smallest absolute Gasteiger partial charge is 0.124 e. The van der Waals surface area contributed by atoms with Crippen molar-refractivity contribution in [2.45, 2.75) is 38.6 Å². The van der Waals surface area contributed by atoms with E-state index in [0.717, 1.165) is 40.3 Å². The molecule has 1 fully saturated rings. The number of fused-ring (bicyclic) bond motifs is 1. The normalized spacial score (nSPS) is 23.3. The molecular weight excluding hydrogens is 279 g/mol. The molecule has 1 aliphatic carbocycles. The highest BCUT2D eigenvalue weighted by Crippen LogP contribution is 2.34. The minimum absolute atomic E-state index is 0.437. The predicted molar refractivity (Wildman–Crippen MR) is 80.8 cm³/mol. The number of hydrogen-bond acceptors (Lipinski definition) is 1. The highest BCUT2D eigenvalue weighted by atomic mass is 35.5. The highest BCUT2D eigenvalue weighted by molar-refractivity contribution is 6.35. The first-order valence-corrected chi connectivity index (χ1v) is 7.81. The summed E-state index contributed by atoms with van der Waals surface area (Å²) in [6.45, 7) is 3.34. The van der Waals surface area contributed by atoms with Crippen molar-refractivity contribution in [2.75, 3.05) is 0 Å². The number of alkyl halides is 1. The van der Waals surface area contributed by atoms with Crippen LogP contribution in [0.25, 0.3) is 11.0 Å². The standard InChI is InChI=1S/C15H18Cl2N2/c1-10-4-2-5-11(10)9-19-14(8-16)18-13-7-3-6-12(17)15(13)19/h3,6-7,10-11H,2,4-5,8-9H2,1H3. The fourth-order valence-corrected chi connectivity index (χ4v) is 3.69. The zero-order valence-corrected chi connectivity index (χ0v) is 12.6. The second-order valence-corrected chi connectivity index (χ2v) is 6.22. The average molecular weight is 297 g/mol. The van der Waals surface area contributed by atoms with Gasteiger partial charge in [0.15, 0.2) is 0 Å². The Labute approximate surface area is 123 Å². The molecule has 0 spiro atoms. The van der Waals surface area contributed by atoms with Gasteiger partial charge in [-0.05, 0) is 30.4 Å². The van der Waals surface area contributed by atoms with Crippen LogP contribution in [-0.2, 0) is 12.4 Å². The quantitative estimate of drug-likeness (QED) is 0.739. The van der Waals surface area contributed by atoms with E-state index in [-0.39, 0.29) is 0 Å². The summed E-state index contributed by atoms with van der Waals surface area (Å²) in [5, 5.41) is 0.770. The Morgan fingerprint density at radius 3 is 2.89 bits per heavy atom. The molecule has 1 saturated carbocycles. The Kier molecular flexibility index (Phi) is 3.72. The molecule has 1 aromatic carbocycles. The SMILES string of the molecule is CC1CCCC1Cn1c(CCl)nc2cccc(Cl)c21. The molecule has 0 bridgehead atoms. The van der Waals surface area contributed by atoms with Crippen LogP contribution >= 0.6 is 23.2 Å². The summed E-state index contributed by atoms with van der Waals surface area (Å²) >= 11 is 12.4. The number of nitrogens with zero attached hydrogens (tertiary/aromatic N) is 2. The van der Waals surface area contributed by atoms with Crippen LogP contribution in [0.5, 0.6) is 0 Å². The molecule has 1 aliphatic rings. The summed E-state index contributed by atoms with van der Waals surface area (Å²) in [6, 6.07) is 5.88. The minimum atomic E-state index is 0.437. The summed E-state index contributed by atoms with van der Waals surface area (Å²) in [7, 11) is 0. The van der Waals surface area contributed by atoms with Crippen molar-refractivity contribution < 1.29 is 0 Å². The van der Waals surface area contributed by atoms with Gasteiger partial charge in [-0.15, -0.1) is 11.6 Å². The molecule has 1 aromatic heterocycles. The van der Waals surface area contributed by atoms with Crippen LogP contribution < -0.4 is 0 Å². The number of imidazole rings is 1. The highest BCUT2D eigenvalue weighted by Gasteiger charge is 2.25.